The molecule has 1 fully saturated rings. The Balaban J connectivity index is 2.11. The van der Waals surface area contributed by atoms with Crippen LogP contribution in [0.5, 0.6) is 0 Å². The van der Waals surface area contributed by atoms with Crippen LogP contribution in [0.15, 0.2) is 16.6 Å². The largest absolute Gasteiger partial charge is 0.391 e. The number of carbonyl (C=O) groups excluding carboxylic acids is 1. The van der Waals surface area contributed by atoms with Crippen LogP contribution in [-0.4, -0.2) is 30.1 Å². The van der Waals surface area contributed by atoms with E-state index >= 15 is 0 Å². The van der Waals surface area contributed by atoms with Gasteiger partial charge in [-0.2, -0.15) is 13.2 Å². The Hall–Kier alpha value is -1.11. The quantitative estimate of drug-likeness (QED) is 0.677. The van der Waals surface area contributed by atoms with Crippen LogP contribution in [0, 0.1) is 18.7 Å². The van der Waals surface area contributed by atoms with E-state index in [1.54, 1.807) is 6.07 Å². The third-order valence-corrected chi connectivity index (χ3v) is 4.65. The van der Waals surface area contributed by atoms with E-state index < -0.39 is 23.8 Å². The van der Waals surface area contributed by atoms with E-state index in [-0.39, 0.29) is 31.5 Å². The van der Waals surface area contributed by atoms with Crippen LogP contribution in [0.25, 0.3) is 0 Å². The summed E-state index contributed by atoms with van der Waals surface area (Å²) in [4.78, 5) is 13.5. The van der Waals surface area contributed by atoms with Gasteiger partial charge in [-0.25, -0.2) is 4.39 Å². The molecule has 2 nitrogen and oxygen atoms in total. The SMILES string of the molecule is Cc1c(Br)ccc(C(=O)N2CCC(C(F)(F)F)CC2)c1F. The van der Waals surface area contributed by atoms with Crippen molar-refractivity contribution < 1.29 is 22.4 Å². The van der Waals surface area contributed by atoms with Gasteiger partial charge in [0.05, 0.1) is 11.5 Å². The van der Waals surface area contributed by atoms with Crippen LogP contribution in [-0.2, 0) is 0 Å². The van der Waals surface area contributed by atoms with Gasteiger partial charge in [0.2, 0.25) is 0 Å². The number of piperidine rings is 1. The first kappa shape index (κ1) is 16.3. The second kappa shape index (κ2) is 5.94. The van der Waals surface area contributed by atoms with E-state index in [4.69, 9.17) is 0 Å². The van der Waals surface area contributed by atoms with Crippen molar-refractivity contribution in [2.45, 2.75) is 25.9 Å². The molecule has 7 heteroatoms. The zero-order chi connectivity index (χ0) is 15.8. The van der Waals surface area contributed by atoms with E-state index in [2.05, 4.69) is 15.9 Å². The minimum atomic E-state index is -4.23. The number of hydrogen-bond acceptors (Lipinski definition) is 1. The summed E-state index contributed by atoms with van der Waals surface area (Å²) in [6.45, 7) is 1.53. The molecule has 0 spiro atoms. The molecule has 0 atom stereocenters. The predicted molar refractivity (Wildman–Crippen MR) is 73.5 cm³/mol. The molecule has 0 N–H and O–H groups in total. The molecule has 0 radical (unpaired) electrons. The molecule has 0 bridgehead atoms. The third-order valence-electron chi connectivity index (χ3n) is 3.80. The molecule has 0 saturated carbocycles. The van der Waals surface area contributed by atoms with Crippen molar-refractivity contribution in [3.05, 3.63) is 33.5 Å². The highest BCUT2D eigenvalue weighted by Crippen LogP contribution is 2.34. The molecule has 1 aromatic rings. The van der Waals surface area contributed by atoms with Crippen molar-refractivity contribution in [2.75, 3.05) is 13.1 Å². The van der Waals surface area contributed by atoms with Crippen LogP contribution in [0.2, 0.25) is 0 Å². The minimum absolute atomic E-state index is 0.00242. The summed E-state index contributed by atoms with van der Waals surface area (Å²) in [5.41, 5.74) is 0.215. The molecule has 2 rings (SSSR count). The van der Waals surface area contributed by atoms with Gasteiger partial charge in [-0.05, 0) is 37.5 Å². The third kappa shape index (κ3) is 3.39. The van der Waals surface area contributed by atoms with Crippen molar-refractivity contribution in [1.29, 1.82) is 0 Å². The summed E-state index contributed by atoms with van der Waals surface area (Å²) in [7, 11) is 0. The number of hydrogen-bond donors (Lipinski definition) is 0. The maximum atomic E-state index is 14.1. The molecule has 1 aliphatic rings. The van der Waals surface area contributed by atoms with Gasteiger partial charge < -0.3 is 4.90 Å². The predicted octanol–water partition coefficient (Wildman–Crippen LogP) is 4.31. The first-order chi connectivity index (χ1) is 9.71. The molecule has 21 heavy (non-hydrogen) atoms. The lowest BCUT2D eigenvalue weighted by Gasteiger charge is -2.33. The van der Waals surface area contributed by atoms with Crippen LogP contribution in [0.4, 0.5) is 17.6 Å². The fourth-order valence-electron chi connectivity index (χ4n) is 2.41. The summed E-state index contributed by atoms with van der Waals surface area (Å²) in [5, 5.41) is 0. The molecule has 0 aliphatic carbocycles. The maximum Gasteiger partial charge on any atom is 0.391 e. The van der Waals surface area contributed by atoms with Gasteiger partial charge in [0.25, 0.3) is 5.91 Å². The number of carbonyl (C=O) groups is 1. The van der Waals surface area contributed by atoms with Gasteiger partial charge in [0.1, 0.15) is 5.82 Å². The number of rotatable bonds is 1. The summed E-state index contributed by atoms with van der Waals surface area (Å²) >= 11 is 3.17. The molecular formula is C14H14BrF4NO. The van der Waals surface area contributed by atoms with Crippen molar-refractivity contribution in [3.63, 3.8) is 0 Å². The molecule has 0 unspecified atom stereocenters. The Labute approximate surface area is 128 Å². The van der Waals surface area contributed by atoms with E-state index in [0.29, 0.717) is 10.0 Å². The number of halogens is 5. The Morgan fingerprint density at radius 3 is 2.38 bits per heavy atom. The summed E-state index contributed by atoms with van der Waals surface area (Å²) in [6, 6.07) is 2.92. The first-order valence-electron chi connectivity index (χ1n) is 6.52. The second-order valence-electron chi connectivity index (χ2n) is 5.14. The van der Waals surface area contributed by atoms with Gasteiger partial charge in [0.15, 0.2) is 0 Å². The van der Waals surface area contributed by atoms with Gasteiger partial charge in [-0.15, -0.1) is 0 Å². The Bertz CT molecular complexity index is 551. The van der Waals surface area contributed by atoms with Crippen molar-refractivity contribution in [3.8, 4) is 0 Å². The van der Waals surface area contributed by atoms with Crippen LogP contribution in [0.1, 0.15) is 28.8 Å². The Kier molecular flexibility index (Phi) is 4.60. The highest BCUT2D eigenvalue weighted by molar-refractivity contribution is 9.10. The average molecular weight is 368 g/mol. The number of nitrogens with zero attached hydrogens (tertiary/aromatic N) is 1. The summed E-state index contributed by atoms with van der Waals surface area (Å²) in [6.07, 6.45) is -4.49. The minimum Gasteiger partial charge on any atom is -0.339 e. The summed E-state index contributed by atoms with van der Waals surface area (Å²) < 4.78 is 52.4. The molecule has 1 amide bonds. The smallest absolute Gasteiger partial charge is 0.339 e. The van der Waals surface area contributed by atoms with Gasteiger partial charge >= 0.3 is 6.18 Å². The Morgan fingerprint density at radius 1 is 1.29 bits per heavy atom. The molecule has 0 aromatic heterocycles. The number of benzene rings is 1. The number of amides is 1. The standard InChI is InChI=1S/C14H14BrF4NO/c1-8-11(15)3-2-10(12(8)16)13(21)20-6-4-9(5-7-20)14(17,18)19/h2-3,9H,4-7H2,1H3. The summed E-state index contributed by atoms with van der Waals surface area (Å²) in [5.74, 6) is -2.56. The fourth-order valence-corrected chi connectivity index (χ4v) is 2.71. The molecule has 116 valence electrons. The van der Waals surface area contributed by atoms with Crippen LogP contribution < -0.4 is 0 Å². The molecule has 1 aliphatic heterocycles. The van der Waals surface area contributed by atoms with E-state index in [0.717, 1.165) is 0 Å². The Morgan fingerprint density at radius 2 is 1.86 bits per heavy atom. The van der Waals surface area contributed by atoms with Crippen molar-refractivity contribution >= 4 is 21.8 Å². The molecule has 1 aromatic carbocycles. The molecular weight excluding hydrogens is 354 g/mol. The van der Waals surface area contributed by atoms with Crippen molar-refractivity contribution in [1.82, 2.24) is 4.90 Å². The second-order valence-corrected chi connectivity index (χ2v) is 6.00. The van der Waals surface area contributed by atoms with Gasteiger partial charge in [-0.3, -0.25) is 4.79 Å². The van der Waals surface area contributed by atoms with Gasteiger partial charge in [-0.1, -0.05) is 15.9 Å². The van der Waals surface area contributed by atoms with Crippen LogP contribution in [0.3, 0.4) is 0 Å². The lowest BCUT2D eigenvalue weighted by molar-refractivity contribution is -0.183. The normalized spacial score (nSPS) is 17.1. The zero-order valence-electron chi connectivity index (χ0n) is 11.3. The van der Waals surface area contributed by atoms with E-state index in [1.165, 1.54) is 17.9 Å². The highest BCUT2D eigenvalue weighted by atomic mass is 79.9. The molecule has 1 heterocycles. The van der Waals surface area contributed by atoms with Crippen LogP contribution >= 0.6 is 15.9 Å². The zero-order valence-corrected chi connectivity index (χ0v) is 12.9. The van der Waals surface area contributed by atoms with Gasteiger partial charge in [0, 0.05) is 17.6 Å². The lowest BCUT2D eigenvalue weighted by atomic mass is 9.95. The monoisotopic (exact) mass is 367 g/mol. The number of likely N-dealkylation sites (tertiary alicyclic amines) is 1. The number of alkyl halides is 3. The topological polar surface area (TPSA) is 20.3 Å². The van der Waals surface area contributed by atoms with E-state index in [9.17, 15) is 22.4 Å². The molecule has 1 saturated heterocycles. The highest BCUT2D eigenvalue weighted by Gasteiger charge is 2.41. The first-order valence-corrected chi connectivity index (χ1v) is 7.31. The average Bonchev–Trinajstić information content (AvgIpc) is 2.43. The van der Waals surface area contributed by atoms with E-state index in [1.807, 2.05) is 0 Å². The van der Waals surface area contributed by atoms with Crippen molar-refractivity contribution in [2.24, 2.45) is 5.92 Å². The lowest BCUT2D eigenvalue weighted by Crippen LogP contribution is -2.42. The maximum absolute atomic E-state index is 14.1. The fraction of sp³-hybridized carbons (Fsp3) is 0.500.